The Labute approximate surface area is 131 Å². The zero-order chi connectivity index (χ0) is 15.9. The van der Waals surface area contributed by atoms with Gasteiger partial charge in [-0.2, -0.15) is 5.26 Å². The van der Waals surface area contributed by atoms with E-state index in [1.807, 2.05) is 5.40 Å². The highest BCUT2D eigenvalue weighted by atomic mass is 32.2. The molecule has 0 bridgehead atoms. The molecule has 1 N–H and O–H groups in total. The molecule has 5 nitrogen and oxygen atoms in total. The van der Waals surface area contributed by atoms with Crippen LogP contribution in [0.4, 0.5) is 5.69 Å². The number of nitrogens with one attached hydrogen (secondary N) is 1. The molecule has 0 atom stereocenters. The molecule has 0 radical (unpaired) electrons. The molecule has 2 aromatic rings. The number of hydrogen-bond acceptors (Lipinski definition) is 5. The summed E-state index contributed by atoms with van der Waals surface area (Å²) in [7, 11) is 1.27. The normalized spacial score (nSPS) is 9.64. The van der Waals surface area contributed by atoms with E-state index in [2.05, 4.69) is 10.1 Å². The molecule has 0 saturated carbocycles. The zero-order valence-electron chi connectivity index (χ0n) is 11.7. The van der Waals surface area contributed by atoms with Crippen LogP contribution in [0.25, 0.3) is 0 Å². The maximum atomic E-state index is 12.3. The van der Waals surface area contributed by atoms with Crippen molar-refractivity contribution in [3.63, 3.8) is 0 Å². The third kappa shape index (κ3) is 3.65. The van der Waals surface area contributed by atoms with E-state index in [0.717, 1.165) is 16.7 Å². The number of ether oxygens (including phenoxy) is 1. The first-order chi connectivity index (χ1) is 10.7. The van der Waals surface area contributed by atoms with Gasteiger partial charge < -0.3 is 10.1 Å². The number of nitriles is 1. The van der Waals surface area contributed by atoms with Crippen molar-refractivity contribution in [2.24, 2.45) is 0 Å². The first-order valence-electron chi connectivity index (χ1n) is 6.30. The first-order valence-corrected chi connectivity index (χ1v) is 7.12. The van der Waals surface area contributed by atoms with Crippen LogP contribution in [0.2, 0.25) is 0 Å². The second kappa shape index (κ2) is 7.29. The molecular formula is C16H12N2O3S. The Morgan fingerprint density at radius 1 is 1.09 bits per heavy atom. The number of hydrogen-bond donors (Lipinski definition) is 1. The lowest BCUT2D eigenvalue weighted by Crippen LogP contribution is -2.17. The Morgan fingerprint density at radius 2 is 1.73 bits per heavy atom. The summed E-state index contributed by atoms with van der Waals surface area (Å²) >= 11 is 1.04. The molecule has 0 unspecified atom stereocenters. The van der Waals surface area contributed by atoms with Crippen molar-refractivity contribution in [1.82, 2.24) is 0 Å². The van der Waals surface area contributed by atoms with Crippen LogP contribution >= 0.6 is 11.8 Å². The van der Waals surface area contributed by atoms with Crippen LogP contribution in [0.1, 0.15) is 20.7 Å². The lowest BCUT2D eigenvalue weighted by molar-refractivity contribution is 0.0597. The number of carbonyl (C=O) groups is 2. The molecule has 0 aliphatic carbocycles. The van der Waals surface area contributed by atoms with Crippen molar-refractivity contribution in [3.8, 4) is 5.40 Å². The van der Waals surface area contributed by atoms with Crippen molar-refractivity contribution in [1.29, 1.82) is 5.26 Å². The second-order valence-corrected chi connectivity index (χ2v) is 5.07. The van der Waals surface area contributed by atoms with Crippen LogP contribution in [-0.4, -0.2) is 19.0 Å². The van der Waals surface area contributed by atoms with Gasteiger partial charge in [0.05, 0.1) is 18.2 Å². The SMILES string of the molecule is COC(=O)c1ccccc1C(=O)Nc1ccc(SC#N)cc1. The second-order valence-electron chi connectivity index (χ2n) is 4.21. The average molecular weight is 312 g/mol. The number of amides is 1. The van der Waals surface area contributed by atoms with Crippen LogP contribution in [-0.2, 0) is 4.74 Å². The third-order valence-electron chi connectivity index (χ3n) is 2.85. The fourth-order valence-electron chi connectivity index (χ4n) is 1.83. The number of thiocyanates is 1. The molecule has 22 heavy (non-hydrogen) atoms. The number of thioether (sulfide) groups is 1. The summed E-state index contributed by atoms with van der Waals surface area (Å²) in [5, 5.41) is 13.3. The van der Waals surface area contributed by atoms with Gasteiger partial charge in [-0.15, -0.1) is 0 Å². The van der Waals surface area contributed by atoms with E-state index >= 15 is 0 Å². The van der Waals surface area contributed by atoms with Crippen LogP contribution in [0.3, 0.4) is 0 Å². The molecular weight excluding hydrogens is 300 g/mol. The number of benzene rings is 2. The number of nitrogens with zero attached hydrogens (tertiary/aromatic N) is 1. The van der Waals surface area contributed by atoms with Gasteiger partial charge in [-0.3, -0.25) is 4.79 Å². The molecule has 110 valence electrons. The molecule has 1 amide bonds. The fraction of sp³-hybridized carbons (Fsp3) is 0.0625. The highest BCUT2D eigenvalue weighted by Crippen LogP contribution is 2.20. The van der Waals surface area contributed by atoms with Crippen molar-refractivity contribution in [2.75, 3.05) is 12.4 Å². The van der Waals surface area contributed by atoms with Crippen LogP contribution in [0.5, 0.6) is 0 Å². The van der Waals surface area contributed by atoms with Gasteiger partial charge in [0.2, 0.25) is 0 Å². The van der Waals surface area contributed by atoms with Crippen LogP contribution in [0.15, 0.2) is 53.4 Å². The molecule has 0 saturated heterocycles. The minimum absolute atomic E-state index is 0.208. The zero-order valence-corrected chi connectivity index (χ0v) is 12.5. The third-order valence-corrected chi connectivity index (χ3v) is 3.45. The number of methoxy groups -OCH3 is 1. The highest BCUT2D eigenvalue weighted by molar-refractivity contribution is 8.03. The summed E-state index contributed by atoms with van der Waals surface area (Å²) in [5.74, 6) is -0.965. The predicted molar refractivity (Wildman–Crippen MR) is 83.6 cm³/mol. The molecule has 2 aromatic carbocycles. The highest BCUT2D eigenvalue weighted by Gasteiger charge is 2.16. The molecule has 2 rings (SSSR count). The summed E-state index contributed by atoms with van der Waals surface area (Å²) in [6, 6.07) is 13.3. The quantitative estimate of drug-likeness (QED) is 0.532. The Balaban J connectivity index is 2.19. The smallest absolute Gasteiger partial charge is 0.338 e. The Kier molecular flexibility index (Phi) is 5.17. The van der Waals surface area contributed by atoms with E-state index in [1.54, 1.807) is 42.5 Å². The number of anilines is 1. The van der Waals surface area contributed by atoms with Gasteiger partial charge in [0.1, 0.15) is 5.40 Å². The van der Waals surface area contributed by atoms with Crippen molar-refractivity contribution < 1.29 is 14.3 Å². The summed E-state index contributed by atoms with van der Waals surface area (Å²) in [5.41, 5.74) is 1.02. The Morgan fingerprint density at radius 3 is 2.32 bits per heavy atom. The Bertz CT molecular complexity index is 736. The van der Waals surface area contributed by atoms with E-state index in [9.17, 15) is 9.59 Å². The predicted octanol–water partition coefficient (Wildman–Crippen LogP) is 3.30. The fourth-order valence-corrected chi connectivity index (χ4v) is 2.20. The van der Waals surface area contributed by atoms with Crippen molar-refractivity contribution >= 4 is 29.3 Å². The Hall–Kier alpha value is -2.78. The van der Waals surface area contributed by atoms with Gasteiger partial charge in [0, 0.05) is 10.6 Å². The van der Waals surface area contributed by atoms with Crippen LogP contribution < -0.4 is 5.32 Å². The number of rotatable bonds is 4. The molecule has 0 fully saturated rings. The lowest BCUT2D eigenvalue weighted by Gasteiger charge is -2.09. The molecule has 0 heterocycles. The maximum absolute atomic E-state index is 12.3. The van der Waals surface area contributed by atoms with E-state index in [-0.39, 0.29) is 11.1 Å². The van der Waals surface area contributed by atoms with Crippen molar-refractivity contribution in [2.45, 2.75) is 4.90 Å². The molecule has 0 aromatic heterocycles. The minimum atomic E-state index is -0.563. The summed E-state index contributed by atoms with van der Waals surface area (Å²) in [4.78, 5) is 24.7. The van der Waals surface area contributed by atoms with Gasteiger partial charge >= 0.3 is 5.97 Å². The molecule has 0 spiro atoms. The maximum Gasteiger partial charge on any atom is 0.338 e. The van der Waals surface area contributed by atoms with Crippen molar-refractivity contribution in [3.05, 3.63) is 59.7 Å². The number of carbonyl (C=O) groups excluding carboxylic acids is 2. The van der Waals surface area contributed by atoms with Gasteiger partial charge in [-0.25, -0.2) is 4.79 Å². The van der Waals surface area contributed by atoms with Gasteiger partial charge in [0.15, 0.2) is 0 Å². The largest absolute Gasteiger partial charge is 0.465 e. The van der Waals surface area contributed by atoms with Crippen LogP contribution in [0, 0.1) is 10.7 Å². The lowest BCUT2D eigenvalue weighted by atomic mass is 10.1. The standard InChI is InChI=1S/C16H12N2O3S/c1-21-16(20)14-5-3-2-4-13(14)15(19)18-11-6-8-12(9-7-11)22-10-17/h2-9H,1H3,(H,18,19). The van der Waals surface area contributed by atoms with Gasteiger partial charge in [-0.1, -0.05) is 12.1 Å². The first kappa shape index (κ1) is 15.6. The molecule has 0 aliphatic heterocycles. The van der Waals surface area contributed by atoms with E-state index < -0.39 is 11.9 Å². The summed E-state index contributed by atoms with van der Waals surface area (Å²) < 4.78 is 4.67. The molecule has 0 aliphatic rings. The van der Waals surface area contributed by atoms with E-state index in [4.69, 9.17) is 5.26 Å². The monoisotopic (exact) mass is 312 g/mol. The van der Waals surface area contributed by atoms with Gasteiger partial charge in [-0.05, 0) is 48.2 Å². The minimum Gasteiger partial charge on any atom is -0.465 e. The van der Waals surface area contributed by atoms with E-state index in [0.29, 0.717) is 5.69 Å². The molecule has 6 heteroatoms. The van der Waals surface area contributed by atoms with E-state index in [1.165, 1.54) is 13.2 Å². The summed E-state index contributed by atoms with van der Waals surface area (Å²) in [6.45, 7) is 0. The van der Waals surface area contributed by atoms with Gasteiger partial charge in [0.25, 0.3) is 5.91 Å². The number of esters is 1. The topological polar surface area (TPSA) is 79.2 Å². The average Bonchev–Trinajstić information content (AvgIpc) is 2.56. The summed E-state index contributed by atoms with van der Waals surface area (Å²) in [6.07, 6.45) is 0.